The van der Waals surface area contributed by atoms with Crippen LogP contribution in [0.1, 0.15) is 34.8 Å². The molecule has 1 aliphatic rings. The number of carbonyl (C=O) groups excluding carboxylic acids is 1. The normalized spacial score (nSPS) is 14.6. The van der Waals surface area contributed by atoms with Crippen molar-refractivity contribution in [1.29, 1.82) is 0 Å². The summed E-state index contributed by atoms with van der Waals surface area (Å²) in [5.74, 6) is -0.949. The number of nitrogens with zero attached hydrogens (tertiary/aromatic N) is 1. The zero-order chi connectivity index (χ0) is 14.7. The summed E-state index contributed by atoms with van der Waals surface area (Å²) in [6, 6.07) is 4.89. The topological polar surface area (TPSA) is 69.6 Å². The number of carbonyl (C=O) groups is 2. The minimum atomic E-state index is -0.949. The van der Waals surface area contributed by atoms with Crippen LogP contribution in [0.3, 0.4) is 0 Å². The number of urea groups is 1. The van der Waals surface area contributed by atoms with Crippen molar-refractivity contribution in [2.24, 2.45) is 0 Å². The molecule has 0 spiro atoms. The molecule has 20 heavy (non-hydrogen) atoms. The van der Waals surface area contributed by atoms with E-state index in [4.69, 9.17) is 5.11 Å². The Morgan fingerprint density at radius 3 is 2.80 bits per heavy atom. The number of carboxylic acids is 1. The SMILES string of the molecule is C=CCC(C)NC(=O)N1Cc2ccc(C(=O)O)cc2C1. The summed E-state index contributed by atoms with van der Waals surface area (Å²) in [6.07, 6.45) is 2.48. The highest BCUT2D eigenvalue weighted by atomic mass is 16.4. The van der Waals surface area contributed by atoms with Crippen molar-refractivity contribution in [3.63, 3.8) is 0 Å². The lowest BCUT2D eigenvalue weighted by Gasteiger charge is -2.19. The highest BCUT2D eigenvalue weighted by Gasteiger charge is 2.24. The fraction of sp³-hybridized carbons (Fsp3) is 0.333. The Labute approximate surface area is 117 Å². The minimum absolute atomic E-state index is 0.0401. The van der Waals surface area contributed by atoms with Gasteiger partial charge in [-0.25, -0.2) is 9.59 Å². The molecule has 0 fully saturated rings. The first-order chi connectivity index (χ1) is 9.51. The maximum atomic E-state index is 12.1. The van der Waals surface area contributed by atoms with E-state index >= 15 is 0 Å². The van der Waals surface area contributed by atoms with E-state index in [1.54, 1.807) is 29.2 Å². The van der Waals surface area contributed by atoms with Gasteiger partial charge in [0.05, 0.1) is 5.56 Å². The second-order valence-electron chi connectivity index (χ2n) is 5.02. The zero-order valence-electron chi connectivity index (χ0n) is 11.4. The van der Waals surface area contributed by atoms with Crippen LogP contribution in [-0.2, 0) is 13.1 Å². The maximum Gasteiger partial charge on any atom is 0.335 e. The summed E-state index contributed by atoms with van der Waals surface area (Å²) >= 11 is 0. The van der Waals surface area contributed by atoms with Crippen LogP contribution in [0, 0.1) is 0 Å². The lowest BCUT2D eigenvalue weighted by molar-refractivity contribution is 0.0696. The van der Waals surface area contributed by atoms with Crippen LogP contribution >= 0.6 is 0 Å². The number of fused-ring (bicyclic) bond motifs is 1. The van der Waals surface area contributed by atoms with Gasteiger partial charge in [0, 0.05) is 19.1 Å². The molecule has 1 aromatic carbocycles. The number of hydrogen-bond donors (Lipinski definition) is 2. The third-order valence-corrected chi connectivity index (χ3v) is 3.35. The lowest BCUT2D eigenvalue weighted by Crippen LogP contribution is -2.41. The Hall–Kier alpha value is -2.30. The number of carboxylic acid groups (broad SMARTS) is 1. The van der Waals surface area contributed by atoms with E-state index in [1.165, 1.54) is 0 Å². The first-order valence-corrected chi connectivity index (χ1v) is 6.52. The highest BCUT2D eigenvalue weighted by molar-refractivity contribution is 5.88. The molecule has 106 valence electrons. The van der Waals surface area contributed by atoms with Crippen LogP contribution in [0.4, 0.5) is 4.79 Å². The molecule has 0 saturated carbocycles. The minimum Gasteiger partial charge on any atom is -0.478 e. The number of aromatic carboxylic acids is 1. The van der Waals surface area contributed by atoms with Gasteiger partial charge in [-0.3, -0.25) is 0 Å². The van der Waals surface area contributed by atoms with Gasteiger partial charge in [-0.05, 0) is 36.6 Å². The Balaban J connectivity index is 2.03. The summed E-state index contributed by atoms with van der Waals surface area (Å²) in [4.78, 5) is 24.7. The molecule has 0 aliphatic carbocycles. The van der Waals surface area contributed by atoms with Crippen LogP contribution in [0.2, 0.25) is 0 Å². The number of hydrogen-bond acceptors (Lipinski definition) is 2. The Bertz CT molecular complexity index is 554. The Morgan fingerprint density at radius 1 is 1.45 bits per heavy atom. The lowest BCUT2D eigenvalue weighted by atomic mass is 10.1. The van der Waals surface area contributed by atoms with Crippen molar-refractivity contribution >= 4 is 12.0 Å². The van der Waals surface area contributed by atoms with E-state index in [0.29, 0.717) is 13.1 Å². The largest absolute Gasteiger partial charge is 0.478 e. The molecule has 5 heteroatoms. The van der Waals surface area contributed by atoms with Gasteiger partial charge in [-0.2, -0.15) is 0 Å². The van der Waals surface area contributed by atoms with Gasteiger partial charge >= 0.3 is 12.0 Å². The molecule has 1 heterocycles. The van der Waals surface area contributed by atoms with Gasteiger partial charge in [0.15, 0.2) is 0 Å². The van der Waals surface area contributed by atoms with Crippen LogP contribution < -0.4 is 5.32 Å². The molecule has 0 radical (unpaired) electrons. The summed E-state index contributed by atoms with van der Waals surface area (Å²) in [7, 11) is 0. The summed E-state index contributed by atoms with van der Waals surface area (Å²) in [5, 5.41) is 11.9. The monoisotopic (exact) mass is 274 g/mol. The van der Waals surface area contributed by atoms with Gasteiger partial charge < -0.3 is 15.3 Å². The van der Waals surface area contributed by atoms with Gasteiger partial charge in [-0.15, -0.1) is 6.58 Å². The summed E-state index contributed by atoms with van der Waals surface area (Å²) in [5.41, 5.74) is 2.16. The smallest absolute Gasteiger partial charge is 0.335 e. The van der Waals surface area contributed by atoms with Gasteiger partial charge in [0.25, 0.3) is 0 Å². The first-order valence-electron chi connectivity index (χ1n) is 6.52. The second-order valence-corrected chi connectivity index (χ2v) is 5.02. The third-order valence-electron chi connectivity index (χ3n) is 3.35. The summed E-state index contributed by atoms with van der Waals surface area (Å²) in [6.45, 7) is 6.53. The number of amides is 2. The maximum absolute atomic E-state index is 12.1. The van der Waals surface area contributed by atoms with Gasteiger partial charge in [0.1, 0.15) is 0 Å². The average Bonchev–Trinajstić information content (AvgIpc) is 2.81. The van der Waals surface area contributed by atoms with E-state index in [0.717, 1.165) is 17.5 Å². The first kappa shape index (κ1) is 14.1. The molecule has 2 amide bonds. The van der Waals surface area contributed by atoms with E-state index in [9.17, 15) is 9.59 Å². The summed E-state index contributed by atoms with van der Waals surface area (Å²) < 4.78 is 0. The number of nitrogens with one attached hydrogen (secondary N) is 1. The van der Waals surface area contributed by atoms with Crippen LogP contribution in [-0.4, -0.2) is 28.0 Å². The zero-order valence-corrected chi connectivity index (χ0v) is 11.4. The quantitative estimate of drug-likeness (QED) is 0.828. The third kappa shape index (κ3) is 2.99. The van der Waals surface area contributed by atoms with Crippen molar-refractivity contribution in [2.75, 3.05) is 0 Å². The molecular weight excluding hydrogens is 256 g/mol. The fourth-order valence-electron chi connectivity index (χ4n) is 2.28. The fourth-order valence-corrected chi connectivity index (χ4v) is 2.28. The predicted octanol–water partition coefficient (Wildman–Crippen LogP) is 2.37. The van der Waals surface area contributed by atoms with Crippen molar-refractivity contribution in [3.8, 4) is 0 Å². The van der Waals surface area contributed by atoms with Crippen molar-refractivity contribution in [1.82, 2.24) is 10.2 Å². The van der Waals surface area contributed by atoms with Gasteiger partial charge in [0.2, 0.25) is 0 Å². The molecule has 0 saturated heterocycles. The standard InChI is InChI=1S/C15H18N2O3/c1-3-4-10(2)16-15(20)17-8-12-6-5-11(14(18)19)7-13(12)9-17/h3,5-7,10H,1,4,8-9H2,2H3,(H,16,20)(H,18,19). The molecule has 1 atom stereocenters. The Kier molecular flexibility index (Phi) is 4.08. The molecule has 2 rings (SSSR count). The van der Waals surface area contributed by atoms with E-state index < -0.39 is 5.97 Å². The number of rotatable bonds is 4. The second kappa shape index (κ2) is 5.77. The van der Waals surface area contributed by atoms with Crippen LogP contribution in [0.25, 0.3) is 0 Å². The van der Waals surface area contributed by atoms with Gasteiger partial charge in [-0.1, -0.05) is 12.1 Å². The molecule has 0 aromatic heterocycles. The van der Waals surface area contributed by atoms with Crippen molar-refractivity contribution in [2.45, 2.75) is 32.5 Å². The Morgan fingerprint density at radius 2 is 2.15 bits per heavy atom. The van der Waals surface area contributed by atoms with E-state index in [1.807, 2.05) is 6.92 Å². The molecular formula is C15H18N2O3. The van der Waals surface area contributed by atoms with Crippen molar-refractivity contribution in [3.05, 3.63) is 47.5 Å². The molecule has 0 bridgehead atoms. The van der Waals surface area contributed by atoms with E-state index in [-0.39, 0.29) is 17.6 Å². The highest BCUT2D eigenvalue weighted by Crippen LogP contribution is 2.24. The molecule has 2 N–H and O–H groups in total. The molecule has 1 unspecified atom stereocenters. The molecule has 1 aliphatic heterocycles. The van der Waals surface area contributed by atoms with E-state index in [2.05, 4.69) is 11.9 Å². The number of benzene rings is 1. The molecule has 5 nitrogen and oxygen atoms in total. The average molecular weight is 274 g/mol. The van der Waals surface area contributed by atoms with Crippen LogP contribution in [0.15, 0.2) is 30.9 Å². The predicted molar refractivity (Wildman–Crippen MR) is 75.5 cm³/mol. The molecule has 1 aromatic rings. The van der Waals surface area contributed by atoms with Crippen molar-refractivity contribution < 1.29 is 14.7 Å². The van der Waals surface area contributed by atoms with Crippen LogP contribution in [0.5, 0.6) is 0 Å².